The van der Waals surface area contributed by atoms with Crippen molar-refractivity contribution in [1.82, 2.24) is 0 Å². The maximum atomic E-state index is 10.5. The van der Waals surface area contributed by atoms with Crippen LogP contribution in [0.5, 0.6) is 0 Å². The van der Waals surface area contributed by atoms with Crippen LogP contribution in [0.1, 0.15) is 27.9 Å². The minimum Gasteiger partial charge on any atom is -0.411 e. The van der Waals surface area contributed by atoms with Gasteiger partial charge in [0.25, 0.3) is 0 Å². The van der Waals surface area contributed by atoms with Gasteiger partial charge in [-0.05, 0) is 24.5 Å². The summed E-state index contributed by atoms with van der Waals surface area (Å²) in [5, 5.41) is 11.9. The molecule has 3 heteroatoms. The number of aldehydes is 1. The maximum Gasteiger partial charge on any atom is 0.150 e. The summed E-state index contributed by atoms with van der Waals surface area (Å²) < 4.78 is 0. The van der Waals surface area contributed by atoms with Gasteiger partial charge < -0.3 is 5.21 Å². The van der Waals surface area contributed by atoms with Crippen molar-refractivity contribution in [3.05, 3.63) is 34.9 Å². The van der Waals surface area contributed by atoms with Gasteiger partial charge >= 0.3 is 0 Å². The number of hydrogen-bond donors (Lipinski definition) is 1. The molecule has 1 aromatic carbocycles. The fourth-order valence-electron chi connectivity index (χ4n) is 1.67. The zero-order valence-corrected chi connectivity index (χ0v) is 7.03. The molecule has 0 bridgehead atoms. The largest absolute Gasteiger partial charge is 0.411 e. The zero-order chi connectivity index (χ0) is 9.26. The lowest BCUT2D eigenvalue weighted by atomic mass is 10.1. The Morgan fingerprint density at radius 1 is 1.38 bits per heavy atom. The number of fused-ring (bicyclic) bond motifs is 1. The Morgan fingerprint density at radius 3 is 2.92 bits per heavy atom. The highest BCUT2D eigenvalue weighted by molar-refractivity contribution is 6.04. The normalized spacial score (nSPS) is 17.4. The van der Waals surface area contributed by atoms with Crippen LogP contribution in [-0.2, 0) is 6.42 Å². The summed E-state index contributed by atoms with van der Waals surface area (Å²) in [7, 11) is 0. The molecule has 2 rings (SSSR count). The van der Waals surface area contributed by atoms with Crippen LogP contribution in [0.2, 0.25) is 0 Å². The van der Waals surface area contributed by atoms with E-state index in [0.29, 0.717) is 11.3 Å². The molecule has 3 nitrogen and oxygen atoms in total. The van der Waals surface area contributed by atoms with E-state index in [1.807, 2.05) is 12.1 Å². The summed E-state index contributed by atoms with van der Waals surface area (Å²) in [5.41, 5.74) is 3.45. The highest BCUT2D eigenvalue weighted by atomic mass is 16.4. The first-order valence-corrected chi connectivity index (χ1v) is 4.14. The standard InChI is InChI=1S/C10H9NO2/c12-6-7-1-3-9-8(5-7)2-4-10(9)11-13/h1,3,5-6,13H,2,4H2. The fourth-order valence-corrected chi connectivity index (χ4v) is 1.67. The number of hydrogen-bond acceptors (Lipinski definition) is 3. The molecule has 13 heavy (non-hydrogen) atoms. The number of rotatable bonds is 1. The topological polar surface area (TPSA) is 49.7 Å². The van der Waals surface area contributed by atoms with Crippen LogP contribution in [0.15, 0.2) is 23.4 Å². The van der Waals surface area contributed by atoms with Crippen LogP contribution < -0.4 is 0 Å². The molecule has 0 radical (unpaired) electrons. The van der Waals surface area contributed by atoms with Gasteiger partial charge in [-0.2, -0.15) is 0 Å². The fraction of sp³-hybridized carbons (Fsp3) is 0.200. The maximum absolute atomic E-state index is 10.5. The average Bonchev–Trinajstić information content (AvgIpc) is 2.59. The van der Waals surface area contributed by atoms with E-state index in [-0.39, 0.29) is 0 Å². The summed E-state index contributed by atoms with van der Waals surface area (Å²) in [6.07, 6.45) is 2.44. The molecule has 1 N–H and O–H groups in total. The molecule has 0 unspecified atom stereocenters. The van der Waals surface area contributed by atoms with Gasteiger partial charge in [-0.25, -0.2) is 0 Å². The molecule has 0 heterocycles. The monoisotopic (exact) mass is 175 g/mol. The summed E-state index contributed by atoms with van der Waals surface area (Å²) in [6, 6.07) is 5.42. The summed E-state index contributed by atoms with van der Waals surface area (Å²) >= 11 is 0. The van der Waals surface area contributed by atoms with Crippen molar-refractivity contribution in [2.75, 3.05) is 0 Å². The van der Waals surface area contributed by atoms with Crippen molar-refractivity contribution in [3.63, 3.8) is 0 Å². The molecular weight excluding hydrogens is 166 g/mol. The second kappa shape index (κ2) is 3.01. The van der Waals surface area contributed by atoms with Crippen molar-refractivity contribution < 1.29 is 10.0 Å². The van der Waals surface area contributed by atoms with Gasteiger partial charge in [0.2, 0.25) is 0 Å². The Labute approximate surface area is 75.7 Å². The lowest BCUT2D eigenvalue weighted by Crippen LogP contribution is -1.94. The lowest BCUT2D eigenvalue weighted by molar-refractivity contribution is 0.112. The molecule has 0 amide bonds. The number of benzene rings is 1. The molecule has 0 fully saturated rings. The number of aryl methyl sites for hydroxylation is 1. The Kier molecular flexibility index (Phi) is 1.85. The molecule has 0 aromatic heterocycles. The van der Waals surface area contributed by atoms with Gasteiger partial charge in [-0.1, -0.05) is 17.3 Å². The van der Waals surface area contributed by atoms with Crippen LogP contribution >= 0.6 is 0 Å². The second-order valence-corrected chi connectivity index (χ2v) is 3.08. The predicted octanol–water partition coefficient (Wildman–Crippen LogP) is 1.62. The van der Waals surface area contributed by atoms with E-state index in [9.17, 15) is 4.79 Å². The Balaban J connectivity index is 2.52. The van der Waals surface area contributed by atoms with Crippen molar-refractivity contribution in [1.29, 1.82) is 0 Å². The Bertz CT molecular complexity index is 383. The number of carbonyl (C=O) groups is 1. The first-order valence-electron chi connectivity index (χ1n) is 4.14. The van der Waals surface area contributed by atoms with Gasteiger partial charge in [0.05, 0.1) is 5.71 Å². The molecule has 0 saturated carbocycles. The van der Waals surface area contributed by atoms with E-state index >= 15 is 0 Å². The summed E-state index contributed by atoms with van der Waals surface area (Å²) in [4.78, 5) is 10.5. The summed E-state index contributed by atoms with van der Waals surface area (Å²) in [5.74, 6) is 0. The van der Waals surface area contributed by atoms with E-state index in [0.717, 1.165) is 30.3 Å². The highest BCUT2D eigenvalue weighted by Gasteiger charge is 2.17. The molecule has 1 aliphatic rings. The van der Waals surface area contributed by atoms with Crippen molar-refractivity contribution in [3.8, 4) is 0 Å². The quantitative estimate of drug-likeness (QED) is 0.400. The van der Waals surface area contributed by atoms with Crippen molar-refractivity contribution in [2.24, 2.45) is 5.16 Å². The van der Waals surface area contributed by atoms with Gasteiger partial charge in [0.1, 0.15) is 6.29 Å². The van der Waals surface area contributed by atoms with Gasteiger partial charge in [-0.15, -0.1) is 0 Å². The summed E-state index contributed by atoms with van der Waals surface area (Å²) in [6.45, 7) is 0. The lowest BCUT2D eigenvalue weighted by Gasteiger charge is -1.98. The first kappa shape index (κ1) is 7.98. The van der Waals surface area contributed by atoms with Crippen LogP contribution in [-0.4, -0.2) is 17.2 Å². The molecule has 0 aliphatic heterocycles. The average molecular weight is 175 g/mol. The van der Waals surface area contributed by atoms with Gasteiger partial charge in [0, 0.05) is 11.1 Å². The molecule has 1 aromatic rings. The molecule has 66 valence electrons. The second-order valence-electron chi connectivity index (χ2n) is 3.08. The van der Waals surface area contributed by atoms with E-state index < -0.39 is 0 Å². The van der Waals surface area contributed by atoms with E-state index in [1.54, 1.807) is 6.07 Å². The molecule has 0 atom stereocenters. The van der Waals surface area contributed by atoms with Gasteiger partial charge in [0.15, 0.2) is 0 Å². The van der Waals surface area contributed by atoms with Crippen LogP contribution in [0.3, 0.4) is 0 Å². The van der Waals surface area contributed by atoms with E-state index in [1.165, 1.54) is 0 Å². The number of oxime groups is 1. The van der Waals surface area contributed by atoms with Crippen molar-refractivity contribution in [2.45, 2.75) is 12.8 Å². The molecule has 0 spiro atoms. The third-order valence-electron chi connectivity index (χ3n) is 2.33. The minimum atomic E-state index is 0.679. The third-order valence-corrected chi connectivity index (χ3v) is 2.33. The van der Waals surface area contributed by atoms with E-state index in [4.69, 9.17) is 5.21 Å². The predicted molar refractivity (Wildman–Crippen MR) is 48.5 cm³/mol. The SMILES string of the molecule is O=Cc1ccc2c(c1)CCC2=NO. The minimum absolute atomic E-state index is 0.679. The Hall–Kier alpha value is -1.64. The molecule has 0 saturated heterocycles. The highest BCUT2D eigenvalue weighted by Crippen LogP contribution is 2.22. The number of nitrogens with zero attached hydrogens (tertiary/aromatic N) is 1. The molecular formula is C10H9NO2. The first-order chi connectivity index (χ1) is 6.35. The zero-order valence-electron chi connectivity index (χ0n) is 7.03. The van der Waals surface area contributed by atoms with Gasteiger partial charge in [-0.3, -0.25) is 4.79 Å². The van der Waals surface area contributed by atoms with Crippen LogP contribution in [0.4, 0.5) is 0 Å². The smallest absolute Gasteiger partial charge is 0.150 e. The Morgan fingerprint density at radius 2 is 2.23 bits per heavy atom. The van der Waals surface area contributed by atoms with Crippen molar-refractivity contribution >= 4 is 12.0 Å². The molecule has 1 aliphatic carbocycles. The van der Waals surface area contributed by atoms with E-state index in [2.05, 4.69) is 5.16 Å². The van der Waals surface area contributed by atoms with Crippen LogP contribution in [0.25, 0.3) is 0 Å². The number of carbonyl (C=O) groups excluding carboxylic acids is 1. The third kappa shape index (κ3) is 1.22. The van der Waals surface area contributed by atoms with Crippen LogP contribution in [0, 0.1) is 0 Å².